The number of carboxylic acids is 1. The molecule has 0 radical (unpaired) electrons. The lowest BCUT2D eigenvalue weighted by Crippen LogP contribution is -2.44. The van der Waals surface area contributed by atoms with Crippen molar-refractivity contribution in [2.24, 2.45) is 0 Å². The van der Waals surface area contributed by atoms with Crippen LogP contribution in [0.5, 0.6) is 0 Å². The molecule has 56 heavy (non-hydrogen) atoms. The van der Waals surface area contributed by atoms with Gasteiger partial charge in [0.05, 0.1) is 40.3 Å². The van der Waals surface area contributed by atoms with Crippen molar-refractivity contribution in [2.75, 3.05) is 47.5 Å². The summed E-state index contributed by atoms with van der Waals surface area (Å²) < 4.78 is 22.3. The van der Waals surface area contributed by atoms with E-state index in [0.717, 1.165) is 96.3 Å². The minimum Gasteiger partial charge on any atom is -0.545 e. The third-order valence-corrected chi connectivity index (χ3v) is 8.41. The number of esters is 2. The highest BCUT2D eigenvalue weighted by Gasteiger charge is 2.21. The van der Waals surface area contributed by atoms with Crippen LogP contribution in [0.1, 0.15) is 136 Å². The van der Waals surface area contributed by atoms with Crippen molar-refractivity contribution in [2.45, 2.75) is 148 Å². The highest BCUT2D eigenvalue weighted by atomic mass is 16.7. The molecule has 0 bridgehead atoms. The molecule has 0 rings (SSSR count). The van der Waals surface area contributed by atoms with Crippen LogP contribution in [0.4, 0.5) is 0 Å². The van der Waals surface area contributed by atoms with E-state index in [0.29, 0.717) is 17.4 Å². The highest BCUT2D eigenvalue weighted by Crippen LogP contribution is 2.11. The quantitative estimate of drug-likeness (QED) is 0.0202. The molecule has 0 saturated heterocycles. The first-order valence-corrected chi connectivity index (χ1v) is 21.2. The number of carbonyl (C=O) groups excluding carboxylic acids is 3. The molecular weight excluding hydrogens is 707 g/mol. The van der Waals surface area contributed by atoms with Crippen LogP contribution in [0.3, 0.4) is 0 Å². The third kappa shape index (κ3) is 38.7. The molecule has 0 spiro atoms. The first-order chi connectivity index (χ1) is 27.1. The lowest BCUT2D eigenvalue weighted by molar-refractivity contribution is -0.870. The van der Waals surface area contributed by atoms with E-state index in [1.807, 2.05) is 21.1 Å². The molecule has 0 aliphatic carbocycles. The number of carboxylic acid groups (broad SMARTS) is 1. The predicted molar refractivity (Wildman–Crippen MR) is 227 cm³/mol. The summed E-state index contributed by atoms with van der Waals surface area (Å²) >= 11 is 0. The minimum atomic E-state index is -1.63. The van der Waals surface area contributed by atoms with E-state index in [1.54, 1.807) is 0 Å². The summed E-state index contributed by atoms with van der Waals surface area (Å²) in [6.45, 7) is 4.47. The van der Waals surface area contributed by atoms with Crippen LogP contribution in [-0.4, -0.2) is 82.3 Å². The van der Waals surface area contributed by atoms with Crippen molar-refractivity contribution in [3.8, 4) is 0 Å². The summed E-state index contributed by atoms with van der Waals surface area (Å²) in [6.07, 6.45) is 45.1. The van der Waals surface area contributed by atoms with E-state index in [9.17, 15) is 19.5 Å². The lowest BCUT2D eigenvalue weighted by Gasteiger charge is -2.26. The normalized spacial score (nSPS) is 13.8. The van der Waals surface area contributed by atoms with E-state index < -0.39 is 24.3 Å². The second-order valence-corrected chi connectivity index (χ2v) is 14.9. The number of carbonyl (C=O) groups is 3. The molecule has 0 amide bonds. The molecule has 9 nitrogen and oxygen atoms in total. The Bertz CT molecular complexity index is 1190. The fourth-order valence-electron chi connectivity index (χ4n) is 5.10. The second kappa shape index (κ2) is 38.3. The zero-order valence-corrected chi connectivity index (χ0v) is 35.7. The minimum absolute atomic E-state index is 0.136. The summed E-state index contributed by atoms with van der Waals surface area (Å²) in [6, 6.07) is 0. The molecule has 0 aromatic heterocycles. The number of allylic oxidation sites excluding steroid dienone is 14. The summed E-state index contributed by atoms with van der Waals surface area (Å²) in [4.78, 5) is 36.6. The number of rotatable bonds is 37. The standard InChI is InChI=1S/C47H77NO8/c1-6-8-10-12-14-15-16-17-18-19-20-21-22-23-24-25-26-27-28-29-30-31-32-34-36-38-45(50)56-43(41-54-44(49)37-35-33-13-11-9-7-2)42-55-47(46(51)52)53-40-39-48(3,4)5/h8,10,14-15,17-18,20-21,23-24,26-27,29-30,43,47H,6-7,9,11-13,16,19,22,25,28,31-42H2,1-5H3/b10-8-,15-14-,18-17-,21-20-,24-23-,27-26-,30-29-. The maximum atomic E-state index is 12.7. The Morgan fingerprint density at radius 3 is 1.52 bits per heavy atom. The summed E-state index contributed by atoms with van der Waals surface area (Å²) in [7, 11) is 5.87. The van der Waals surface area contributed by atoms with E-state index in [2.05, 4.69) is 98.9 Å². The zero-order chi connectivity index (χ0) is 41.4. The molecule has 0 aliphatic heterocycles. The fraction of sp³-hybridized carbons (Fsp3) is 0.638. The molecular formula is C47H77NO8. The predicted octanol–water partition coefficient (Wildman–Crippen LogP) is 9.60. The Morgan fingerprint density at radius 1 is 0.554 bits per heavy atom. The van der Waals surface area contributed by atoms with Gasteiger partial charge in [0, 0.05) is 12.8 Å². The SMILES string of the molecule is CC/C=C\C/C=C\C/C=C\C/C=C\C/C=C\C/C=C\C/C=C\CCCCCC(=O)OC(COC(=O)CCCCCCCC)COC(OCC[N+](C)(C)C)C(=O)[O-]. The second-order valence-electron chi connectivity index (χ2n) is 14.9. The molecule has 318 valence electrons. The van der Waals surface area contributed by atoms with Crippen molar-refractivity contribution in [1.82, 2.24) is 0 Å². The van der Waals surface area contributed by atoms with Gasteiger partial charge in [-0.3, -0.25) is 9.59 Å². The van der Waals surface area contributed by atoms with Gasteiger partial charge >= 0.3 is 11.9 Å². The maximum absolute atomic E-state index is 12.7. The molecule has 0 aromatic carbocycles. The number of ether oxygens (including phenoxy) is 4. The number of hydrogen-bond donors (Lipinski definition) is 0. The first kappa shape index (κ1) is 52.5. The van der Waals surface area contributed by atoms with Gasteiger partial charge in [-0.25, -0.2) is 0 Å². The van der Waals surface area contributed by atoms with E-state index in [1.165, 1.54) is 6.42 Å². The van der Waals surface area contributed by atoms with Crippen LogP contribution in [0.2, 0.25) is 0 Å². The molecule has 9 heteroatoms. The summed E-state index contributed by atoms with van der Waals surface area (Å²) in [5.74, 6) is -2.36. The monoisotopic (exact) mass is 784 g/mol. The van der Waals surface area contributed by atoms with E-state index in [4.69, 9.17) is 18.9 Å². The largest absolute Gasteiger partial charge is 0.545 e. The lowest BCUT2D eigenvalue weighted by atomic mass is 10.1. The third-order valence-electron chi connectivity index (χ3n) is 8.41. The highest BCUT2D eigenvalue weighted by molar-refractivity contribution is 5.70. The van der Waals surface area contributed by atoms with Gasteiger partial charge in [0.2, 0.25) is 0 Å². The molecule has 0 fully saturated rings. The van der Waals surface area contributed by atoms with Crippen LogP contribution < -0.4 is 5.11 Å². The maximum Gasteiger partial charge on any atom is 0.306 e. The topological polar surface area (TPSA) is 111 Å². The average molecular weight is 784 g/mol. The van der Waals surface area contributed by atoms with Crippen molar-refractivity contribution < 1.29 is 42.9 Å². The van der Waals surface area contributed by atoms with Crippen molar-refractivity contribution in [1.29, 1.82) is 0 Å². The van der Waals surface area contributed by atoms with Gasteiger partial charge in [-0.15, -0.1) is 0 Å². The molecule has 2 atom stereocenters. The Kier molecular flexibility index (Phi) is 35.9. The number of unbranched alkanes of at least 4 members (excludes halogenated alkanes) is 8. The van der Waals surface area contributed by atoms with Crippen molar-refractivity contribution in [3.63, 3.8) is 0 Å². The van der Waals surface area contributed by atoms with Gasteiger partial charge in [0.15, 0.2) is 12.4 Å². The summed E-state index contributed by atoms with van der Waals surface area (Å²) in [5, 5.41) is 11.6. The average Bonchev–Trinajstić information content (AvgIpc) is 3.15. The van der Waals surface area contributed by atoms with Gasteiger partial charge < -0.3 is 33.3 Å². The van der Waals surface area contributed by atoms with E-state index >= 15 is 0 Å². The number of quaternary nitrogens is 1. The van der Waals surface area contributed by atoms with Gasteiger partial charge in [0.25, 0.3) is 0 Å². The number of nitrogens with zero attached hydrogens (tertiary/aromatic N) is 1. The molecule has 0 N–H and O–H groups in total. The van der Waals surface area contributed by atoms with Crippen LogP contribution >= 0.6 is 0 Å². The molecule has 0 heterocycles. The number of hydrogen-bond acceptors (Lipinski definition) is 8. The molecule has 0 saturated carbocycles. The first-order valence-electron chi connectivity index (χ1n) is 21.2. The van der Waals surface area contributed by atoms with Crippen molar-refractivity contribution in [3.05, 3.63) is 85.1 Å². The Hall–Kier alpha value is -3.53. The fourth-order valence-corrected chi connectivity index (χ4v) is 5.10. The molecule has 0 aliphatic rings. The zero-order valence-electron chi connectivity index (χ0n) is 35.7. The van der Waals surface area contributed by atoms with Gasteiger partial charge in [-0.2, -0.15) is 0 Å². The van der Waals surface area contributed by atoms with Gasteiger partial charge in [0.1, 0.15) is 13.2 Å². The Morgan fingerprint density at radius 2 is 1.02 bits per heavy atom. The van der Waals surface area contributed by atoms with E-state index in [-0.39, 0.29) is 38.6 Å². The number of likely N-dealkylation sites (N-methyl/N-ethyl adjacent to an activating group) is 1. The number of aliphatic carboxylic acids is 1. The summed E-state index contributed by atoms with van der Waals surface area (Å²) in [5.41, 5.74) is 0. The van der Waals surface area contributed by atoms with Crippen LogP contribution in [0, 0.1) is 0 Å². The molecule has 2 unspecified atom stereocenters. The van der Waals surface area contributed by atoms with Crippen LogP contribution in [0.25, 0.3) is 0 Å². The van der Waals surface area contributed by atoms with Gasteiger partial charge in [-0.05, 0) is 70.6 Å². The Labute approximate surface area is 340 Å². The molecule has 0 aromatic rings. The Balaban J connectivity index is 4.39. The van der Waals surface area contributed by atoms with Crippen molar-refractivity contribution >= 4 is 17.9 Å². The van der Waals surface area contributed by atoms with Gasteiger partial charge in [-0.1, -0.05) is 137 Å². The van der Waals surface area contributed by atoms with Crippen LogP contribution in [-0.2, 0) is 33.3 Å². The smallest absolute Gasteiger partial charge is 0.306 e. The van der Waals surface area contributed by atoms with Crippen LogP contribution in [0.15, 0.2) is 85.1 Å².